The number of rotatable bonds is 5. The van der Waals surface area contributed by atoms with Gasteiger partial charge in [0.25, 0.3) is 0 Å². The molecule has 18 heavy (non-hydrogen) atoms. The zero-order chi connectivity index (χ0) is 13.6. The van der Waals surface area contributed by atoms with Crippen molar-refractivity contribution >= 4 is 5.97 Å². The Morgan fingerprint density at radius 2 is 2.06 bits per heavy atom. The summed E-state index contributed by atoms with van der Waals surface area (Å²) in [5.74, 6) is -0.193. The van der Waals surface area contributed by atoms with Gasteiger partial charge in [0.05, 0.1) is 0 Å². The Hall–Kier alpha value is -1.42. The molecule has 0 spiro atoms. The fourth-order valence-corrected chi connectivity index (χ4v) is 1.50. The Balaban J connectivity index is 2.41. The number of hydrogen-bond donors (Lipinski definition) is 1. The number of nitrogens with zero attached hydrogens (tertiary/aromatic N) is 1. The van der Waals surface area contributed by atoms with E-state index in [2.05, 4.69) is 4.98 Å². The van der Waals surface area contributed by atoms with Gasteiger partial charge in [0, 0.05) is 31.3 Å². The van der Waals surface area contributed by atoms with Gasteiger partial charge in [0.1, 0.15) is 5.60 Å². The Morgan fingerprint density at radius 1 is 1.33 bits per heavy atom. The van der Waals surface area contributed by atoms with E-state index in [-0.39, 0.29) is 12.6 Å². The van der Waals surface area contributed by atoms with Crippen molar-refractivity contribution in [3.8, 4) is 0 Å². The van der Waals surface area contributed by atoms with Gasteiger partial charge in [-0.1, -0.05) is 6.07 Å². The number of carbonyl (C=O) groups excluding carboxylic acids is 1. The Labute approximate surface area is 108 Å². The molecular weight excluding hydrogens is 230 g/mol. The van der Waals surface area contributed by atoms with Crippen LogP contribution in [0.15, 0.2) is 18.3 Å². The number of aromatic nitrogens is 1. The summed E-state index contributed by atoms with van der Waals surface area (Å²) in [5, 5.41) is 8.77. The molecule has 0 bridgehead atoms. The van der Waals surface area contributed by atoms with Gasteiger partial charge < -0.3 is 9.84 Å². The van der Waals surface area contributed by atoms with Crippen LogP contribution in [-0.4, -0.2) is 28.3 Å². The molecule has 1 aromatic heterocycles. The molecule has 1 aromatic rings. The van der Waals surface area contributed by atoms with Crippen molar-refractivity contribution in [3.63, 3.8) is 0 Å². The monoisotopic (exact) mass is 251 g/mol. The molecule has 0 saturated carbocycles. The van der Waals surface area contributed by atoms with Crippen LogP contribution in [0.1, 0.15) is 38.4 Å². The normalized spacial score (nSPS) is 11.3. The Bertz CT molecular complexity index is 379. The highest BCUT2D eigenvalue weighted by atomic mass is 16.6. The van der Waals surface area contributed by atoms with Gasteiger partial charge in [-0.05, 0) is 38.8 Å². The van der Waals surface area contributed by atoms with Crippen molar-refractivity contribution in [3.05, 3.63) is 29.6 Å². The third kappa shape index (κ3) is 5.77. The topological polar surface area (TPSA) is 59.4 Å². The van der Waals surface area contributed by atoms with Gasteiger partial charge in [-0.15, -0.1) is 0 Å². The summed E-state index contributed by atoms with van der Waals surface area (Å²) >= 11 is 0. The Morgan fingerprint density at radius 3 is 2.56 bits per heavy atom. The number of aryl methyl sites for hydroxylation is 1. The highest BCUT2D eigenvalue weighted by Gasteiger charge is 2.15. The van der Waals surface area contributed by atoms with Crippen LogP contribution >= 0.6 is 0 Å². The lowest BCUT2D eigenvalue weighted by Gasteiger charge is -2.19. The summed E-state index contributed by atoms with van der Waals surface area (Å²) in [4.78, 5) is 15.7. The van der Waals surface area contributed by atoms with E-state index >= 15 is 0 Å². The SMILES string of the molecule is CC(C)(C)OC(=O)CCc1ccc(CCO)nc1. The van der Waals surface area contributed by atoms with Crippen LogP contribution in [0.5, 0.6) is 0 Å². The van der Waals surface area contributed by atoms with Crippen LogP contribution in [0.25, 0.3) is 0 Å². The molecule has 1 heterocycles. The minimum atomic E-state index is -0.430. The highest BCUT2D eigenvalue weighted by Crippen LogP contribution is 2.10. The van der Waals surface area contributed by atoms with E-state index in [4.69, 9.17) is 9.84 Å². The first-order valence-electron chi connectivity index (χ1n) is 6.17. The molecule has 0 amide bonds. The van der Waals surface area contributed by atoms with E-state index in [0.29, 0.717) is 19.3 Å². The van der Waals surface area contributed by atoms with E-state index in [9.17, 15) is 4.79 Å². The van der Waals surface area contributed by atoms with Crippen LogP contribution in [-0.2, 0) is 22.4 Å². The van der Waals surface area contributed by atoms with Crippen molar-refractivity contribution in [1.29, 1.82) is 0 Å². The largest absolute Gasteiger partial charge is 0.460 e. The average Bonchev–Trinajstić information content (AvgIpc) is 2.26. The molecule has 0 aromatic carbocycles. The van der Waals surface area contributed by atoms with E-state index < -0.39 is 5.60 Å². The summed E-state index contributed by atoms with van der Waals surface area (Å²) in [6.07, 6.45) is 3.29. The van der Waals surface area contributed by atoms with Crippen LogP contribution < -0.4 is 0 Å². The van der Waals surface area contributed by atoms with Gasteiger partial charge in [0.2, 0.25) is 0 Å². The molecule has 4 nitrogen and oxygen atoms in total. The number of carbonyl (C=O) groups is 1. The van der Waals surface area contributed by atoms with Crippen LogP contribution in [0.3, 0.4) is 0 Å². The molecular formula is C14H21NO3. The number of ether oxygens (including phenoxy) is 1. The number of esters is 1. The predicted octanol–water partition coefficient (Wildman–Crippen LogP) is 1.89. The van der Waals surface area contributed by atoms with Crippen LogP contribution in [0.2, 0.25) is 0 Å². The molecule has 1 N–H and O–H groups in total. The summed E-state index contributed by atoms with van der Waals surface area (Å²) in [5.41, 5.74) is 1.43. The highest BCUT2D eigenvalue weighted by molar-refractivity contribution is 5.70. The lowest BCUT2D eigenvalue weighted by atomic mass is 10.1. The maximum absolute atomic E-state index is 11.5. The smallest absolute Gasteiger partial charge is 0.306 e. The third-order valence-electron chi connectivity index (χ3n) is 2.29. The van der Waals surface area contributed by atoms with E-state index in [0.717, 1.165) is 11.3 Å². The molecule has 0 aliphatic carbocycles. The summed E-state index contributed by atoms with van der Waals surface area (Å²) < 4.78 is 5.23. The number of hydrogen-bond acceptors (Lipinski definition) is 4. The first-order chi connectivity index (χ1) is 8.40. The molecule has 1 rings (SSSR count). The van der Waals surface area contributed by atoms with Crippen LogP contribution in [0, 0.1) is 0 Å². The van der Waals surface area contributed by atoms with Gasteiger partial charge in [-0.2, -0.15) is 0 Å². The quantitative estimate of drug-likeness (QED) is 0.812. The van der Waals surface area contributed by atoms with Gasteiger partial charge in [-0.25, -0.2) is 0 Å². The van der Waals surface area contributed by atoms with Gasteiger partial charge >= 0.3 is 5.97 Å². The second-order valence-electron chi connectivity index (χ2n) is 5.22. The van der Waals surface area contributed by atoms with Crippen molar-refractivity contribution in [2.45, 2.75) is 45.6 Å². The van der Waals surface area contributed by atoms with Gasteiger partial charge in [0.15, 0.2) is 0 Å². The average molecular weight is 251 g/mol. The van der Waals surface area contributed by atoms with Crippen molar-refractivity contribution < 1.29 is 14.6 Å². The number of aliphatic hydroxyl groups is 1. The summed E-state index contributed by atoms with van der Waals surface area (Å²) in [7, 11) is 0. The van der Waals surface area contributed by atoms with Crippen molar-refractivity contribution in [1.82, 2.24) is 4.98 Å². The first-order valence-corrected chi connectivity index (χ1v) is 6.17. The molecule has 0 aliphatic heterocycles. The van der Waals surface area contributed by atoms with E-state index in [1.165, 1.54) is 0 Å². The van der Waals surface area contributed by atoms with Crippen molar-refractivity contribution in [2.75, 3.05) is 6.61 Å². The minimum Gasteiger partial charge on any atom is -0.460 e. The molecule has 100 valence electrons. The van der Waals surface area contributed by atoms with E-state index in [1.807, 2.05) is 32.9 Å². The Kier molecular flexibility index (Phi) is 5.28. The maximum Gasteiger partial charge on any atom is 0.306 e. The van der Waals surface area contributed by atoms with E-state index in [1.54, 1.807) is 6.20 Å². The summed E-state index contributed by atoms with van der Waals surface area (Å²) in [6, 6.07) is 3.81. The summed E-state index contributed by atoms with van der Waals surface area (Å²) in [6.45, 7) is 5.67. The molecule has 0 unspecified atom stereocenters. The second-order valence-corrected chi connectivity index (χ2v) is 5.22. The van der Waals surface area contributed by atoms with Crippen LogP contribution in [0.4, 0.5) is 0 Å². The van der Waals surface area contributed by atoms with Gasteiger partial charge in [-0.3, -0.25) is 9.78 Å². The molecule has 0 fully saturated rings. The zero-order valence-corrected chi connectivity index (χ0v) is 11.3. The lowest BCUT2D eigenvalue weighted by molar-refractivity contribution is -0.154. The molecule has 0 atom stereocenters. The molecule has 0 radical (unpaired) electrons. The maximum atomic E-state index is 11.5. The zero-order valence-electron chi connectivity index (χ0n) is 11.3. The lowest BCUT2D eigenvalue weighted by Crippen LogP contribution is -2.24. The minimum absolute atomic E-state index is 0.101. The first kappa shape index (κ1) is 14.6. The molecule has 0 saturated heterocycles. The number of pyridine rings is 1. The fourth-order valence-electron chi connectivity index (χ4n) is 1.50. The van der Waals surface area contributed by atoms with Crippen molar-refractivity contribution in [2.24, 2.45) is 0 Å². The molecule has 4 heteroatoms. The molecule has 0 aliphatic rings. The fraction of sp³-hybridized carbons (Fsp3) is 0.571. The predicted molar refractivity (Wildman–Crippen MR) is 69.2 cm³/mol. The third-order valence-corrected chi connectivity index (χ3v) is 2.29. The number of aliphatic hydroxyl groups excluding tert-OH is 1. The second kappa shape index (κ2) is 6.50. The standard InChI is InChI=1S/C14H21NO3/c1-14(2,3)18-13(17)7-5-11-4-6-12(8-9-16)15-10-11/h4,6,10,16H,5,7-9H2,1-3H3.